The normalized spacial score (nSPS) is 17.1. The Kier molecular flexibility index (Phi) is 5.75. The maximum atomic E-state index is 14.1. The summed E-state index contributed by atoms with van der Waals surface area (Å²) in [6.45, 7) is 2.52. The van der Waals surface area contributed by atoms with Gasteiger partial charge in [0, 0.05) is 22.9 Å². The molecule has 0 bridgehead atoms. The number of hydrogen-bond donors (Lipinski definition) is 0. The molecule has 35 heavy (non-hydrogen) atoms. The van der Waals surface area contributed by atoms with Crippen LogP contribution in [0.2, 0.25) is 0 Å². The second kappa shape index (κ2) is 9.06. The van der Waals surface area contributed by atoms with Crippen LogP contribution < -0.4 is 4.90 Å². The van der Waals surface area contributed by atoms with Crippen molar-refractivity contribution in [2.75, 3.05) is 18.0 Å². The molecule has 3 aromatic carbocycles. The summed E-state index contributed by atoms with van der Waals surface area (Å²) in [6.07, 6.45) is 3.46. The predicted octanol–water partition coefficient (Wildman–Crippen LogP) is 6.72. The molecule has 0 saturated carbocycles. The highest BCUT2D eigenvalue weighted by Gasteiger charge is 2.52. The summed E-state index contributed by atoms with van der Waals surface area (Å²) in [4.78, 5) is 23.0. The Hall–Kier alpha value is -3.28. The number of nitrogens with zero attached hydrogens (tertiary/aromatic N) is 3. The van der Waals surface area contributed by atoms with E-state index >= 15 is 0 Å². The third-order valence-electron chi connectivity index (χ3n) is 7.42. The Balaban J connectivity index is 1.27. The lowest BCUT2D eigenvalue weighted by atomic mass is 9.73. The maximum Gasteiger partial charge on any atom is 0.242 e. The van der Waals surface area contributed by atoms with Crippen LogP contribution in [0.4, 0.5) is 11.4 Å². The van der Waals surface area contributed by atoms with E-state index in [0.29, 0.717) is 0 Å². The van der Waals surface area contributed by atoms with Gasteiger partial charge in [0.15, 0.2) is 0 Å². The first-order valence-corrected chi connectivity index (χ1v) is 12.9. The number of amides is 1. The summed E-state index contributed by atoms with van der Waals surface area (Å²) in [7, 11) is 0. The maximum absolute atomic E-state index is 14.1. The lowest BCUT2D eigenvalue weighted by Gasteiger charge is -2.38. The molecule has 6 rings (SSSR count). The number of fused-ring (bicyclic) bond motifs is 2. The van der Waals surface area contributed by atoms with Crippen LogP contribution in [-0.2, 0) is 16.8 Å². The van der Waals surface area contributed by atoms with Gasteiger partial charge in [-0.2, -0.15) is 0 Å². The zero-order valence-corrected chi connectivity index (χ0v) is 21.0. The van der Waals surface area contributed by atoms with Crippen molar-refractivity contribution in [1.29, 1.82) is 0 Å². The zero-order chi connectivity index (χ0) is 23.8. The monoisotopic (exact) mass is 523 g/mol. The molecule has 1 aromatic heterocycles. The SMILES string of the molecule is O=C1N(c2ccc(-c3ccccc3)cc2)c2ccccc2C12CCN(Cc1ncccc1Br)CC2. The van der Waals surface area contributed by atoms with Crippen LogP contribution in [0, 0.1) is 0 Å². The van der Waals surface area contributed by atoms with Crippen molar-refractivity contribution in [2.24, 2.45) is 0 Å². The fourth-order valence-corrected chi connectivity index (χ4v) is 5.90. The van der Waals surface area contributed by atoms with Gasteiger partial charge in [0.1, 0.15) is 0 Å². The molecule has 0 radical (unpaired) electrons. The summed E-state index contributed by atoms with van der Waals surface area (Å²) in [5.74, 6) is 0.199. The van der Waals surface area contributed by atoms with E-state index in [0.717, 1.165) is 65.1 Å². The van der Waals surface area contributed by atoms with Crippen molar-refractivity contribution < 1.29 is 4.79 Å². The van der Waals surface area contributed by atoms with E-state index in [-0.39, 0.29) is 5.91 Å². The topological polar surface area (TPSA) is 36.4 Å². The van der Waals surface area contributed by atoms with Gasteiger partial charge in [0.25, 0.3) is 0 Å². The molecule has 1 fully saturated rings. The molecule has 0 aliphatic carbocycles. The number of pyridine rings is 1. The van der Waals surface area contributed by atoms with Gasteiger partial charge in [-0.3, -0.25) is 19.6 Å². The number of anilines is 2. The minimum absolute atomic E-state index is 0.199. The Labute approximate surface area is 214 Å². The average molecular weight is 524 g/mol. The molecule has 2 aliphatic heterocycles. The largest absolute Gasteiger partial charge is 0.297 e. The Morgan fingerprint density at radius 1 is 0.800 bits per heavy atom. The molecule has 1 amide bonds. The number of likely N-dealkylation sites (tertiary alicyclic amines) is 1. The van der Waals surface area contributed by atoms with Gasteiger partial charge in [-0.15, -0.1) is 0 Å². The summed E-state index contributed by atoms with van der Waals surface area (Å²) in [6, 6.07) is 31.0. The third-order valence-corrected chi connectivity index (χ3v) is 8.15. The van der Waals surface area contributed by atoms with Gasteiger partial charge < -0.3 is 0 Å². The van der Waals surface area contributed by atoms with Crippen molar-refractivity contribution >= 4 is 33.2 Å². The summed E-state index contributed by atoms with van der Waals surface area (Å²) >= 11 is 3.62. The summed E-state index contributed by atoms with van der Waals surface area (Å²) < 4.78 is 1.03. The highest BCUT2D eigenvalue weighted by Crippen LogP contribution is 2.50. The van der Waals surface area contributed by atoms with Crippen molar-refractivity contribution in [3.8, 4) is 11.1 Å². The van der Waals surface area contributed by atoms with Crippen LogP contribution >= 0.6 is 15.9 Å². The third kappa shape index (κ3) is 3.89. The number of carbonyl (C=O) groups is 1. The smallest absolute Gasteiger partial charge is 0.242 e. The number of piperidine rings is 1. The minimum Gasteiger partial charge on any atom is -0.297 e. The van der Waals surface area contributed by atoms with E-state index in [1.807, 2.05) is 47.5 Å². The number of benzene rings is 3. The first-order chi connectivity index (χ1) is 17.2. The van der Waals surface area contributed by atoms with E-state index in [1.54, 1.807) is 0 Å². The molecule has 0 atom stereocenters. The molecule has 0 N–H and O–H groups in total. The predicted molar refractivity (Wildman–Crippen MR) is 144 cm³/mol. The quantitative estimate of drug-likeness (QED) is 0.297. The van der Waals surface area contributed by atoms with E-state index in [4.69, 9.17) is 0 Å². The molecule has 0 unspecified atom stereocenters. The molecular formula is C30H26BrN3O. The second-order valence-corrected chi connectivity index (χ2v) is 10.2. The van der Waals surface area contributed by atoms with E-state index in [9.17, 15) is 4.79 Å². The van der Waals surface area contributed by atoms with Crippen molar-refractivity contribution in [2.45, 2.75) is 24.8 Å². The van der Waals surface area contributed by atoms with E-state index < -0.39 is 5.41 Å². The zero-order valence-electron chi connectivity index (χ0n) is 19.4. The van der Waals surface area contributed by atoms with Crippen LogP contribution in [0.15, 0.2) is 102 Å². The molecular weight excluding hydrogens is 498 g/mol. The molecule has 1 saturated heterocycles. The highest BCUT2D eigenvalue weighted by molar-refractivity contribution is 9.10. The van der Waals surface area contributed by atoms with Crippen molar-refractivity contribution in [3.63, 3.8) is 0 Å². The van der Waals surface area contributed by atoms with Gasteiger partial charge in [-0.1, -0.05) is 60.7 Å². The number of aromatic nitrogens is 1. The lowest BCUT2D eigenvalue weighted by Crippen LogP contribution is -2.47. The molecule has 3 heterocycles. The van der Waals surface area contributed by atoms with Crippen LogP contribution in [-0.4, -0.2) is 28.9 Å². The number of hydrogen-bond acceptors (Lipinski definition) is 3. The molecule has 2 aliphatic rings. The molecule has 1 spiro atoms. The van der Waals surface area contributed by atoms with Crippen LogP contribution in [0.1, 0.15) is 24.1 Å². The summed E-state index contributed by atoms with van der Waals surface area (Å²) in [5.41, 5.74) is 6.02. The van der Waals surface area contributed by atoms with E-state index in [1.165, 1.54) is 5.56 Å². The Morgan fingerprint density at radius 3 is 2.23 bits per heavy atom. The van der Waals surface area contributed by atoms with Gasteiger partial charge in [0.2, 0.25) is 5.91 Å². The second-order valence-electron chi connectivity index (χ2n) is 9.36. The number of rotatable bonds is 4. The van der Waals surface area contributed by atoms with Crippen molar-refractivity contribution in [3.05, 3.63) is 113 Å². The first-order valence-electron chi connectivity index (χ1n) is 12.1. The number of carbonyl (C=O) groups excluding carboxylic acids is 1. The van der Waals surface area contributed by atoms with Gasteiger partial charge in [-0.05, 0) is 88.9 Å². The number of halogens is 1. The highest BCUT2D eigenvalue weighted by atomic mass is 79.9. The standard InChI is InChI=1S/C30H26BrN3O/c31-26-10-6-18-32-27(26)21-33-19-16-30(17-20-33)25-9-4-5-11-28(25)34(29(30)35)24-14-12-23(13-15-24)22-7-2-1-3-8-22/h1-15,18H,16-17,19-21H2. The van der Waals surface area contributed by atoms with Gasteiger partial charge >= 0.3 is 0 Å². The fraction of sp³-hybridized carbons (Fsp3) is 0.200. The minimum atomic E-state index is -0.466. The van der Waals surface area contributed by atoms with Crippen LogP contribution in [0.5, 0.6) is 0 Å². The summed E-state index contributed by atoms with van der Waals surface area (Å²) in [5, 5.41) is 0. The van der Waals surface area contributed by atoms with Crippen molar-refractivity contribution in [1.82, 2.24) is 9.88 Å². The van der Waals surface area contributed by atoms with Gasteiger partial charge in [-0.25, -0.2) is 0 Å². The fourth-order valence-electron chi connectivity index (χ4n) is 5.52. The molecule has 4 nitrogen and oxygen atoms in total. The molecule has 174 valence electrons. The molecule has 4 aromatic rings. The first kappa shape index (κ1) is 22.2. The van der Waals surface area contributed by atoms with Crippen LogP contribution in [0.3, 0.4) is 0 Å². The van der Waals surface area contributed by atoms with Crippen LogP contribution in [0.25, 0.3) is 11.1 Å². The average Bonchev–Trinajstić information content (AvgIpc) is 3.15. The molecule has 5 heteroatoms. The Morgan fingerprint density at radius 2 is 1.49 bits per heavy atom. The Bertz CT molecular complexity index is 1360. The van der Waals surface area contributed by atoms with E-state index in [2.05, 4.69) is 80.4 Å². The number of para-hydroxylation sites is 1. The van der Waals surface area contributed by atoms with Gasteiger partial charge in [0.05, 0.1) is 16.8 Å². The lowest BCUT2D eigenvalue weighted by molar-refractivity contribution is -0.124.